The number of nitrogens with zero attached hydrogens (tertiary/aromatic N) is 2. The third-order valence-electron chi connectivity index (χ3n) is 3.81. The molecule has 0 bridgehead atoms. The van der Waals surface area contributed by atoms with Gasteiger partial charge in [0.15, 0.2) is 5.96 Å². The van der Waals surface area contributed by atoms with Crippen molar-refractivity contribution in [2.24, 2.45) is 10.7 Å². The number of aliphatic imine (C=N–C) groups is 1. The number of benzene rings is 2. The number of fused-ring (bicyclic) bond motifs is 1. The van der Waals surface area contributed by atoms with Gasteiger partial charge in [-0.1, -0.05) is 29.8 Å². The SMILES string of the molecule is Cc1ccc(NC(N)=NCCN2C(=O)c3ccccc3C2=O)cc1. The van der Waals surface area contributed by atoms with Gasteiger partial charge >= 0.3 is 0 Å². The zero-order chi connectivity index (χ0) is 17.1. The van der Waals surface area contributed by atoms with Crippen molar-refractivity contribution in [3.05, 3.63) is 65.2 Å². The Morgan fingerprint density at radius 2 is 1.62 bits per heavy atom. The van der Waals surface area contributed by atoms with Crippen molar-refractivity contribution in [2.75, 3.05) is 18.4 Å². The minimum atomic E-state index is -0.282. The Morgan fingerprint density at radius 1 is 1.04 bits per heavy atom. The van der Waals surface area contributed by atoms with E-state index in [1.807, 2.05) is 31.2 Å². The molecule has 6 nitrogen and oxygen atoms in total. The van der Waals surface area contributed by atoms with Crippen LogP contribution in [0.4, 0.5) is 5.69 Å². The largest absolute Gasteiger partial charge is 0.370 e. The first-order chi connectivity index (χ1) is 11.6. The molecule has 2 aromatic rings. The van der Waals surface area contributed by atoms with Gasteiger partial charge in [0.25, 0.3) is 11.8 Å². The maximum Gasteiger partial charge on any atom is 0.261 e. The van der Waals surface area contributed by atoms with Gasteiger partial charge in [-0.15, -0.1) is 0 Å². The lowest BCUT2D eigenvalue weighted by molar-refractivity contribution is 0.0659. The fourth-order valence-electron chi connectivity index (χ4n) is 2.54. The maximum absolute atomic E-state index is 12.2. The molecular formula is C18H18N4O2. The first-order valence-corrected chi connectivity index (χ1v) is 7.65. The predicted molar refractivity (Wildman–Crippen MR) is 93.1 cm³/mol. The Bertz CT molecular complexity index is 777. The average Bonchev–Trinajstić information content (AvgIpc) is 2.82. The number of carbonyl (C=O) groups excluding carboxylic acids is 2. The lowest BCUT2D eigenvalue weighted by atomic mass is 10.1. The molecule has 0 radical (unpaired) electrons. The molecule has 2 amide bonds. The van der Waals surface area contributed by atoms with Crippen LogP contribution in [0.1, 0.15) is 26.3 Å². The number of hydrogen-bond acceptors (Lipinski definition) is 3. The topological polar surface area (TPSA) is 87.8 Å². The molecule has 0 saturated carbocycles. The molecule has 0 saturated heterocycles. The summed E-state index contributed by atoms with van der Waals surface area (Å²) in [5, 5.41) is 2.97. The van der Waals surface area contributed by atoms with E-state index in [-0.39, 0.29) is 30.9 Å². The highest BCUT2D eigenvalue weighted by atomic mass is 16.2. The van der Waals surface area contributed by atoms with Crippen LogP contribution in [0.2, 0.25) is 0 Å². The summed E-state index contributed by atoms with van der Waals surface area (Å²) in [6, 6.07) is 14.6. The lowest BCUT2D eigenvalue weighted by Gasteiger charge is -2.12. The van der Waals surface area contributed by atoms with E-state index in [4.69, 9.17) is 5.73 Å². The molecule has 6 heteroatoms. The van der Waals surface area contributed by atoms with Crippen molar-refractivity contribution < 1.29 is 9.59 Å². The maximum atomic E-state index is 12.2. The van der Waals surface area contributed by atoms with Crippen LogP contribution in [0.3, 0.4) is 0 Å². The number of imide groups is 1. The van der Waals surface area contributed by atoms with E-state index in [1.54, 1.807) is 24.3 Å². The zero-order valence-electron chi connectivity index (χ0n) is 13.3. The molecule has 3 N–H and O–H groups in total. The summed E-state index contributed by atoms with van der Waals surface area (Å²) in [4.78, 5) is 29.8. The molecule has 1 aliphatic rings. The van der Waals surface area contributed by atoms with Crippen LogP contribution < -0.4 is 11.1 Å². The number of aryl methyl sites for hydroxylation is 1. The van der Waals surface area contributed by atoms with Crippen molar-refractivity contribution in [1.29, 1.82) is 0 Å². The summed E-state index contributed by atoms with van der Waals surface area (Å²) < 4.78 is 0. The van der Waals surface area contributed by atoms with Crippen LogP contribution >= 0.6 is 0 Å². The molecule has 122 valence electrons. The van der Waals surface area contributed by atoms with Gasteiger partial charge in [-0.2, -0.15) is 0 Å². The molecule has 0 aromatic heterocycles. The summed E-state index contributed by atoms with van der Waals surface area (Å²) in [5.74, 6) is -0.317. The highest BCUT2D eigenvalue weighted by Crippen LogP contribution is 2.21. The van der Waals surface area contributed by atoms with E-state index < -0.39 is 0 Å². The van der Waals surface area contributed by atoms with Gasteiger partial charge in [0.1, 0.15) is 0 Å². The minimum Gasteiger partial charge on any atom is -0.370 e. The predicted octanol–water partition coefficient (Wildman–Crippen LogP) is 2.02. The minimum absolute atomic E-state index is 0.197. The van der Waals surface area contributed by atoms with Gasteiger partial charge in [-0.25, -0.2) is 0 Å². The van der Waals surface area contributed by atoms with Gasteiger partial charge < -0.3 is 11.1 Å². The van der Waals surface area contributed by atoms with Gasteiger partial charge in [-0.05, 0) is 31.2 Å². The second-order valence-electron chi connectivity index (χ2n) is 5.57. The summed E-state index contributed by atoms with van der Waals surface area (Å²) in [7, 11) is 0. The normalized spacial score (nSPS) is 14.0. The monoisotopic (exact) mass is 322 g/mol. The van der Waals surface area contributed by atoms with Crippen molar-refractivity contribution in [1.82, 2.24) is 4.90 Å². The zero-order valence-corrected chi connectivity index (χ0v) is 13.3. The third kappa shape index (κ3) is 3.12. The first kappa shape index (κ1) is 15.7. The molecule has 0 aliphatic carbocycles. The number of rotatable bonds is 4. The van der Waals surface area contributed by atoms with E-state index >= 15 is 0 Å². The van der Waals surface area contributed by atoms with Gasteiger partial charge in [-0.3, -0.25) is 19.5 Å². The van der Waals surface area contributed by atoms with Gasteiger partial charge in [0, 0.05) is 12.2 Å². The number of anilines is 1. The van der Waals surface area contributed by atoms with E-state index in [1.165, 1.54) is 4.90 Å². The van der Waals surface area contributed by atoms with Gasteiger partial charge in [0.05, 0.1) is 17.7 Å². The Kier molecular flexibility index (Phi) is 4.29. The fraction of sp³-hybridized carbons (Fsp3) is 0.167. The molecule has 2 aromatic carbocycles. The lowest BCUT2D eigenvalue weighted by Crippen LogP contribution is -2.33. The van der Waals surface area contributed by atoms with E-state index in [0.717, 1.165) is 11.3 Å². The van der Waals surface area contributed by atoms with Crippen molar-refractivity contribution in [3.8, 4) is 0 Å². The quantitative estimate of drug-likeness (QED) is 0.512. The molecule has 0 atom stereocenters. The highest BCUT2D eigenvalue weighted by molar-refractivity contribution is 6.21. The Morgan fingerprint density at radius 3 is 2.21 bits per heavy atom. The summed E-state index contributed by atoms with van der Waals surface area (Å²) >= 11 is 0. The molecule has 1 heterocycles. The number of nitrogens with one attached hydrogen (secondary N) is 1. The summed E-state index contributed by atoms with van der Waals surface area (Å²) in [5.41, 5.74) is 8.71. The van der Waals surface area contributed by atoms with Crippen LogP contribution in [0.15, 0.2) is 53.5 Å². The Balaban J connectivity index is 1.59. The third-order valence-corrected chi connectivity index (χ3v) is 3.81. The van der Waals surface area contributed by atoms with E-state index in [0.29, 0.717) is 11.1 Å². The fourth-order valence-corrected chi connectivity index (χ4v) is 2.54. The molecule has 3 rings (SSSR count). The summed E-state index contributed by atoms with van der Waals surface area (Å²) in [6.07, 6.45) is 0. The number of hydrogen-bond donors (Lipinski definition) is 2. The van der Waals surface area contributed by atoms with Crippen LogP contribution in [-0.2, 0) is 0 Å². The number of carbonyl (C=O) groups is 2. The number of nitrogens with two attached hydrogens (primary N) is 1. The number of amides is 2. The second kappa shape index (κ2) is 6.54. The van der Waals surface area contributed by atoms with Gasteiger partial charge in [0.2, 0.25) is 0 Å². The van der Waals surface area contributed by atoms with Crippen molar-refractivity contribution >= 4 is 23.5 Å². The van der Waals surface area contributed by atoms with E-state index in [2.05, 4.69) is 10.3 Å². The summed E-state index contributed by atoms with van der Waals surface area (Å²) in [6.45, 7) is 2.45. The smallest absolute Gasteiger partial charge is 0.261 e. The first-order valence-electron chi connectivity index (χ1n) is 7.65. The van der Waals surface area contributed by atoms with Crippen LogP contribution in [0.25, 0.3) is 0 Å². The van der Waals surface area contributed by atoms with Crippen LogP contribution in [0.5, 0.6) is 0 Å². The van der Waals surface area contributed by atoms with Crippen LogP contribution in [-0.4, -0.2) is 35.8 Å². The van der Waals surface area contributed by atoms with Crippen molar-refractivity contribution in [3.63, 3.8) is 0 Å². The molecule has 0 unspecified atom stereocenters. The molecular weight excluding hydrogens is 304 g/mol. The van der Waals surface area contributed by atoms with Crippen LogP contribution in [0, 0.1) is 6.92 Å². The van der Waals surface area contributed by atoms with Crippen molar-refractivity contribution in [2.45, 2.75) is 6.92 Å². The average molecular weight is 322 g/mol. The molecule has 24 heavy (non-hydrogen) atoms. The van der Waals surface area contributed by atoms with E-state index in [9.17, 15) is 9.59 Å². The Labute approximate surface area is 140 Å². The second-order valence-corrected chi connectivity index (χ2v) is 5.57. The standard InChI is InChI=1S/C18H18N4O2/c1-12-6-8-13(9-7-12)21-18(19)20-10-11-22-16(23)14-4-2-3-5-15(14)17(22)24/h2-9H,10-11H2,1H3,(H3,19,20,21). The highest BCUT2D eigenvalue weighted by Gasteiger charge is 2.34. The Hall–Kier alpha value is -3.15. The molecule has 0 fully saturated rings. The molecule has 1 aliphatic heterocycles. The number of guanidine groups is 1. The molecule has 0 spiro atoms.